The van der Waals surface area contributed by atoms with Crippen LogP contribution in [-0.4, -0.2) is 39.9 Å². The Hall–Kier alpha value is -1.21. The zero-order chi connectivity index (χ0) is 12.6. The van der Waals surface area contributed by atoms with Crippen molar-refractivity contribution in [3.8, 4) is 0 Å². The lowest BCUT2D eigenvalue weighted by Crippen LogP contribution is -2.40. The van der Waals surface area contributed by atoms with Crippen LogP contribution in [0.2, 0.25) is 0 Å². The highest BCUT2D eigenvalue weighted by atomic mass is 79.9. The first-order valence-corrected chi connectivity index (χ1v) is 5.77. The molecule has 6 nitrogen and oxygen atoms in total. The summed E-state index contributed by atoms with van der Waals surface area (Å²) in [6.45, 7) is -0.216. The monoisotopic (exact) mass is 302 g/mol. The molecule has 2 heterocycles. The molecule has 0 saturated carbocycles. The third kappa shape index (κ3) is 1.89. The van der Waals surface area contributed by atoms with Gasteiger partial charge in [0, 0.05) is 19.0 Å². The van der Waals surface area contributed by atoms with Gasteiger partial charge in [-0.25, -0.2) is 0 Å². The maximum absolute atomic E-state index is 11.7. The molecule has 92 valence electrons. The Balaban J connectivity index is 2.34. The normalized spacial score (nSPS) is 24.2. The molecule has 0 spiro atoms. The number of nitrogens with zero attached hydrogens (tertiary/aromatic N) is 2. The van der Waals surface area contributed by atoms with E-state index in [9.17, 15) is 14.7 Å². The number of ketones is 1. The Morgan fingerprint density at radius 1 is 1.76 bits per heavy atom. The number of carbonyl (C=O) groups excluding carboxylic acids is 1. The van der Waals surface area contributed by atoms with E-state index in [0.29, 0.717) is 10.2 Å². The minimum absolute atomic E-state index is 0.0809. The Morgan fingerprint density at radius 2 is 2.47 bits per heavy atom. The van der Waals surface area contributed by atoms with Crippen molar-refractivity contribution in [2.45, 2.75) is 6.42 Å². The van der Waals surface area contributed by atoms with Gasteiger partial charge < -0.3 is 9.84 Å². The highest BCUT2D eigenvalue weighted by molar-refractivity contribution is 9.10. The summed E-state index contributed by atoms with van der Waals surface area (Å²) < 4.78 is 7.23. The van der Waals surface area contributed by atoms with Crippen LogP contribution >= 0.6 is 15.9 Å². The summed E-state index contributed by atoms with van der Waals surface area (Å²) in [4.78, 5) is 23.0. The first-order chi connectivity index (χ1) is 7.97. The fraction of sp³-hybridized carbons (Fsp3) is 0.500. The number of aryl methyl sites for hydroxylation is 1. The Morgan fingerprint density at radius 3 is 2.88 bits per heavy atom. The lowest BCUT2D eigenvalue weighted by atomic mass is 9.81. The summed E-state index contributed by atoms with van der Waals surface area (Å²) in [5, 5.41) is 13.2. The van der Waals surface area contributed by atoms with Gasteiger partial charge >= 0.3 is 5.97 Å². The Kier molecular flexibility index (Phi) is 3.05. The van der Waals surface area contributed by atoms with Gasteiger partial charge in [0.25, 0.3) is 0 Å². The van der Waals surface area contributed by atoms with E-state index in [4.69, 9.17) is 4.74 Å². The summed E-state index contributed by atoms with van der Waals surface area (Å²) in [6.07, 6.45) is 1.65. The van der Waals surface area contributed by atoms with E-state index in [1.807, 2.05) is 0 Å². The molecule has 0 radical (unpaired) electrons. The molecular formula is C10H11BrN2O4. The molecule has 1 unspecified atom stereocenters. The van der Waals surface area contributed by atoms with Crippen LogP contribution in [0, 0.1) is 5.41 Å². The van der Waals surface area contributed by atoms with Gasteiger partial charge in [-0.2, -0.15) is 5.10 Å². The summed E-state index contributed by atoms with van der Waals surface area (Å²) in [5.41, 5.74) is -0.778. The first-order valence-electron chi connectivity index (χ1n) is 4.98. The number of rotatable bonds is 3. The van der Waals surface area contributed by atoms with Gasteiger partial charge in [-0.1, -0.05) is 0 Å². The van der Waals surface area contributed by atoms with Crippen molar-refractivity contribution in [3.05, 3.63) is 16.4 Å². The summed E-state index contributed by atoms with van der Waals surface area (Å²) in [6, 6.07) is 0. The van der Waals surface area contributed by atoms with Gasteiger partial charge in [0.2, 0.25) is 0 Å². The molecule has 7 heteroatoms. The fourth-order valence-corrected chi connectivity index (χ4v) is 2.19. The second-order valence-corrected chi connectivity index (χ2v) is 4.82. The van der Waals surface area contributed by atoms with E-state index in [2.05, 4.69) is 21.0 Å². The quantitative estimate of drug-likeness (QED) is 0.817. The third-order valence-electron chi connectivity index (χ3n) is 2.95. The number of hydrogen-bond acceptors (Lipinski definition) is 4. The van der Waals surface area contributed by atoms with Crippen LogP contribution in [0.15, 0.2) is 10.8 Å². The van der Waals surface area contributed by atoms with Crippen molar-refractivity contribution in [1.82, 2.24) is 9.78 Å². The molecule has 0 aromatic carbocycles. The molecule has 1 fully saturated rings. The van der Waals surface area contributed by atoms with Crippen LogP contribution < -0.4 is 0 Å². The molecule has 1 aromatic heterocycles. The lowest BCUT2D eigenvalue weighted by Gasteiger charge is -2.19. The van der Waals surface area contributed by atoms with Crippen LogP contribution in [0.1, 0.15) is 5.56 Å². The minimum atomic E-state index is -1.47. The number of carboxylic acids is 1. The molecule has 1 saturated heterocycles. The molecule has 1 aliphatic heterocycles. The largest absolute Gasteiger partial charge is 0.480 e. The highest BCUT2D eigenvalue weighted by Gasteiger charge is 2.50. The maximum atomic E-state index is 11.7. The summed E-state index contributed by atoms with van der Waals surface area (Å²) in [5.74, 6) is -1.53. The van der Waals surface area contributed by atoms with Crippen LogP contribution in [0.4, 0.5) is 0 Å². The van der Waals surface area contributed by atoms with E-state index in [1.165, 1.54) is 0 Å². The fourth-order valence-electron chi connectivity index (χ4n) is 1.85. The predicted octanol–water partition coefficient (Wildman–Crippen LogP) is 0.395. The molecule has 0 bridgehead atoms. The summed E-state index contributed by atoms with van der Waals surface area (Å²) >= 11 is 3.31. The molecular weight excluding hydrogens is 292 g/mol. The van der Waals surface area contributed by atoms with E-state index in [-0.39, 0.29) is 25.4 Å². The topological polar surface area (TPSA) is 81.4 Å². The summed E-state index contributed by atoms with van der Waals surface area (Å²) in [7, 11) is 1.73. The van der Waals surface area contributed by atoms with Gasteiger partial charge in [0.15, 0.2) is 11.2 Å². The van der Waals surface area contributed by atoms with Gasteiger partial charge in [-0.05, 0) is 15.9 Å². The number of carboxylic acid groups (broad SMARTS) is 1. The van der Waals surface area contributed by atoms with E-state index in [1.54, 1.807) is 17.9 Å². The number of aliphatic carboxylic acids is 1. The SMILES string of the molecule is Cn1ncc(CC2(C(=O)O)COCC2=O)c1Br. The first kappa shape index (κ1) is 12.3. The van der Waals surface area contributed by atoms with Crippen molar-refractivity contribution in [2.24, 2.45) is 12.5 Å². The Bertz CT molecular complexity index is 485. The molecule has 0 aliphatic carbocycles. The van der Waals surface area contributed by atoms with Crippen molar-refractivity contribution >= 4 is 27.7 Å². The van der Waals surface area contributed by atoms with Gasteiger partial charge in [-0.3, -0.25) is 14.3 Å². The zero-order valence-electron chi connectivity index (χ0n) is 9.14. The minimum Gasteiger partial charge on any atom is -0.480 e. The second-order valence-electron chi connectivity index (χ2n) is 4.06. The van der Waals surface area contributed by atoms with E-state index in [0.717, 1.165) is 0 Å². The van der Waals surface area contributed by atoms with Crippen LogP contribution in [0.5, 0.6) is 0 Å². The standard InChI is InChI=1S/C10H11BrN2O4/c1-13-8(11)6(3-12-13)2-10(9(15)16)5-17-4-7(10)14/h3H,2,4-5H2,1H3,(H,15,16). The predicted molar refractivity (Wildman–Crippen MR) is 60.5 cm³/mol. The molecule has 17 heavy (non-hydrogen) atoms. The van der Waals surface area contributed by atoms with E-state index >= 15 is 0 Å². The highest BCUT2D eigenvalue weighted by Crippen LogP contribution is 2.32. The maximum Gasteiger partial charge on any atom is 0.320 e. The van der Waals surface area contributed by atoms with Gasteiger partial charge in [-0.15, -0.1) is 0 Å². The van der Waals surface area contributed by atoms with E-state index < -0.39 is 11.4 Å². The third-order valence-corrected chi connectivity index (χ3v) is 3.98. The van der Waals surface area contributed by atoms with Crippen molar-refractivity contribution in [2.75, 3.05) is 13.2 Å². The Labute approximate surface area is 106 Å². The van der Waals surface area contributed by atoms with Crippen molar-refractivity contribution < 1.29 is 19.4 Å². The molecule has 1 N–H and O–H groups in total. The van der Waals surface area contributed by atoms with Crippen molar-refractivity contribution in [1.29, 1.82) is 0 Å². The molecule has 2 rings (SSSR count). The number of halogens is 1. The van der Waals surface area contributed by atoms with Crippen LogP contribution in [0.25, 0.3) is 0 Å². The molecule has 1 aromatic rings. The molecule has 0 amide bonds. The molecule has 1 atom stereocenters. The number of Topliss-reactive ketones (excluding diaryl/α,β-unsaturated/α-hetero) is 1. The molecule has 1 aliphatic rings. The smallest absolute Gasteiger partial charge is 0.320 e. The number of ether oxygens (including phenoxy) is 1. The van der Waals surface area contributed by atoms with Gasteiger partial charge in [0.1, 0.15) is 11.2 Å². The second kappa shape index (κ2) is 4.23. The average molecular weight is 303 g/mol. The lowest BCUT2D eigenvalue weighted by molar-refractivity contribution is -0.152. The average Bonchev–Trinajstić information content (AvgIpc) is 2.78. The zero-order valence-corrected chi connectivity index (χ0v) is 10.7. The number of carbonyl (C=O) groups is 2. The number of hydrogen-bond donors (Lipinski definition) is 1. The van der Waals surface area contributed by atoms with Crippen molar-refractivity contribution in [3.63, 3.8) is 0 Å². The van der Waals surface area contributed by atoms with Crippen LogP contribution in [-0.2, 0) is 27.8 Å². The van der Waals surface area contributed by atoms with Crippen LogP contribution in [0.3, 0.4) is 0 Å². The number of aromatic nitrogens is 2. The van der Waals surface area contributed by atoms with Gasteiger partial charge in [0.05, 0.1) is 12.8 Å².